The lowest BCUT2D eigenvalue weighted by Crippen LogP contribution is -2.40. The first-order chi connectivity index (χ1) is 14.9. The summed E-state index contributed by atoms with van der Waals surface area (Å²) >= 11 is 0. The van der Waals surface area contributed by atoms with Gasteiger partial charge in [-0.15, -0.1) is 0 Å². The molecule has 1 amide bonds. The van der Waals surface area contributed by atoms with Crippen molar-refractivity contribution in [3.63, 3.8) is 0 Å². The van der Waals surface area contributed by atoms with Crippen molar-refractivity contribution in [3.8, 4) is 0 Å². The summed E-state index contributed by atoms with van der Waals surface area (Å²) in [6, 6.07) is 17.7. The maximum atomic E-state index is 14.3. The molecule has 0 radical (unpaired) electrons. The van der Waals surface area contributed by atoms with Crippen LogP contribution in [0.25, 0.3) is 0 Å². The van der Waals surface area contributed by atoms with Crippen LogP contribution in [0.2, 0.25) is 0 Å². The zero-order valence-electron chi connectivity index (χ0n) is 16.5. The van der Waals surface area contributed by atoms with Crippen LogP contribution >= 0.6 is 0 Å². The zero-order chi connectivity index (χ0) is 21.8. The third-order valence-electron chi connectivity index (χ3n) is 4.88. The number of carbonyl (C=O) groups excluding carboxylic acids is 1. The third-order valence-corrected chi connectivity index (χ3v) is 6.70. The topological polar surface area (TPSA) is 83.2 Å². The molecule has 0 fully saturated rings. The summed E-state index contributed by atoms with van der Waals surface area (Å²) in [5.74, 6) is -1.05. The average molecular weight is 441 g/mol. The molecule has 0 spiro atoms. The average Bonchev–Trinajstić information content (AvgIpc) is 3.46. The van der Waals surface area contributed by atoms with Gasteiger partial charge in [0, 0.05) is 6.42 Å². The van der Waals surface area contributed by atoms with Gasteiger partial charge in [-0.2, -0.15) is 9.41 Å². The molecule has 3 aromatic rings. The van der Waals surface area contributed by atoms with Crippen LogP contribution in [0.15, 0.2) is 87.4 Å². The van der Waals surface area contributed by atoms with Gasteiger partial charge in [-0.05, 0) is 29.8 Å². The maximum absolute atomic E-state index is 14.3. The molecule has 1 aromatic heterocycles. The van der Waals surface area contributed by atoms with Gasteiger partial charge in [0.2, 0.25) is 10.0 Å². The van der Waals surface area contributed by atoms with E-state index in [9.17, 15) is 17.6 Å². The Bertz CT molecular complexity index is 1190. The van der Waals surface area contributed by atoms with E-state index in [0.29, 0.717) is 18.7 Å². The van der Waals surface area contributed by atoms with E-state index < -0.39 is 33.2 Å². The Morgan fingerprint density at radius 3 is 2.52 bits per heavy atom. The molecule has 0 unspecified atom stereocenters. The second kappa shape index (κ2) is 8.83. The van der Waals surface area contributed by atoms with Crippen molar-refractivity contribution in [2.45, 2.75) is 17.9 Å². The van der Waals surface area contributed by atoms with E-state index in [4.69, 9.17) is 4.42 Å². The summed E-state index contributed by atoms with van der Waals surface area (Å²) in [4.78, 5) is 12.4. The predicted molar refractivity (Wildman–Crippen MR) is 112 cm³/mol. The number of nitrogens with zero attached hydrogens (tertiary/aromatic N) is 3. The fourth-order valence-electron chi connectivity index (χ4n) is 3.30. The molecular weight excluding hydrogens is 421 g/mol. The molecule has 0 N–H and O–H groups in total. The van der Waals surface area contributed by atoms with E-state index in [-0.39, 0.29) is 6.54 Å². The molecule has 0 atom stereocenters. The van der Waals surface area contributed by atoms with Crippen LogP contribution in [0.5, 0.6) is 0 Å². The number of rotatable bonds is 7. The van der Waals surface area contributed by atoms with Gasteiger partial charge in [0.25, 0.3) is 5.91 Å². The van der Waals surface area contributed by atoms with Gasteiger partial charge in [0.1, 0.15) is 16.5 Å². The molecule has 7 nitrogen and oxygen atoms in total. The minimum atomic E-state index is -4.30. The number of halogens is 1. The zero-order valence-corrected chi connectivity index (χ0v) is 17.3. The van der Waals surface area contributed by atoms with Crippen molar-refractivity contribution in [3.05, 3.63) is 90.1 Å². The Morgan fingerprint density at radius 1 is 1.06 bits per heavy atom. The number of carbonyl (C=O) groups is 1. The van der Waals surface area contributed by atoms with E-state index >= 15 is 0 Å². The second-order valence-corrected chi connectivity index (χ2v) is 8.87. The first-order valence-corrected chi connectivity index (χ1v) is 11.1. The van der Waals surface area contributed by atoms with E-state index in [2.05, 4.69) is 5.10 Å². The van der Waals surface area contributed by atoms with Crippen LogP contribution < -0.4 is 0 Å². The fraction of sp³-hybridized carbons (Fsp3) is 0.182. The fourth-order valence-corrected chi connectivity index (χ4v) is 4.72. The molecule has 0 saturated carbocycles. The largest absolute Gasteiger partial charge is 0.468 e. The Morgan fingerprint density at radius 2 is 1.81 bits per heavy atom. The number of furan rings is 1. The van der Waals surface area contributed by atoms with E-state index in [0.717, 1.165) is 21.6 Å². The highest BCUT2D eigenvalue weighted by atomic mass is 32.2. The van der Waals surface area contributed by atoms with Gasteiger partial charge in [-0.3, -0.25) is 4.79 Å². The molecule has 0 aliphatic carbocycles. The number of hydrogen-bond acceptors (Lipinski definition) is 5. The monoisotopic (exact) mass is 441 g/mol. The molecule has 1 aliphatic heterocycles. The standard InChI is InChI=1S/C22H20FN3O4S/c23-19-10-4-5-11-21(19)31(28,29)25(15-18-9-6-14-30-18)16-22(27)26-13-12-20(24-26)17-7-2-1-3-8-17/h1-11,14H,12-13,15-16H2. The van der Waals surface area contributed by atoms with E-state index in [1.807, 2.05) is 30.3 Å². The summed E-state index contributed by atoms with van der Waals surface area (Å²) in [6.07, 6.45) is 1.97. The molecule has 2 heterocycles. The Kier molecular flexibility index (Phi) is 5.97. The van der Waals surface area contributed by atoms with Crippen molar-refractivity contribution in [2.75, 3.05) is 13.1 Å². The highest BCUT2D eigenvalue weighted by Gasteiger charge is 2.32. The minimum absolute atomic E-state index is 0.210. The summed E-state index contributed by atoms with van der Waals surface area (Å²) in [7, 11) is -4.30. The normalized spacial score (nSPS) is 14.1. The molecule has 0 saturated heterocycles. The number of hydrogen-bond donors (Lipinski definition) is 0. The lowest BCUT2D eigenvalue weighted by atomic mass is 10.1. The van der Waals surface area contributed by atoms with Crippen molar-refractivity contribution >= 4 is 21.6 Å². The summed E-state index contributed by atoms with van der Waals surface area (Å²) in [5.41, 5.74) is 1.66. The van der Waals surface area contributed by atoms with Gasteiger partial charge >= 0.3 is 0 Å². The summed E-state index contributed by atoms with van der Waals surface area (Å²) in [6.45, 7) is -0.362. The number of amides is 1. The van der Waals surface area contributed by atoms with Crippen molar-refractivity contribution in [1.82, 2.24) is 9.31 Å². The second-order valence-electron chi connectivity index (χ2n) is 6.96. The highest BCUT2D eigenvalue weighted by Crippen LogP contribution is 2.22. The van der Waals surface area contributed by atoms with Crippen molar-refractivity contribution in [2.24, 2.45) is 5.10 Å². The number of hydrazone groups is 1. The molecule has 1 aliphatic rings. The van der Waals surface area contributed by atoms with Crippen LogP contribution in [0.3, 0.4) is 0 Å². The highest BCUT2D eigenvalue weighted by molar-refractivity contribution is 7.89. The van der Waals surface area contributed by atoms with Crippen molar-refractivity contribution < 1.29 is 22.0 Å². The Labute approximate surface area is 179 Å². The first kappa shape index (κ1) is 21.0. The number of benzene rings is 2. The molecular formula is C22H20FN3O4S. The van der Waals surface area contributed by atoms with Crippen molar-refractivity contribution in [1.29, 1.82) is 0 Å². The van der Waals surface area contributed by atoms with E-state index in [1.54, 1.807) is 12.1 Å². The molecule has 9 heteroatoms. The smallest absolute Gasteiger partial charge is 0.258 e. The SMILES string of the molecule is O=C(CN(Cc1ccco1)S(=O)(=O)c1ccccc1F)N1CCC(c2ccccc2)=N1. The van der Waals surface area contributed by atoms with Gasteiger partial charge in [0.05, 0.1) is 31.6 Å². The summed E-state index contributed by atoms with van der Waals surface area (Å²) < 4.78 is 46.7. The quantitative estimate of drug-likeness (QED) is 0.564. The molecule has 160 valence electrons. The Hall–Kier alpha value is -3.30. The minimum Gasteiger partial charge on any atom is -0.468 e. The van der Waals surface area contributed by atoms with Gasteiger partial charge < -0.3 is 4.42 Å². The maximum Gasteiger partial charge on any atom is 0.258 e. The van der Waals surface area contributed by atoms with Crippen LogP contribution in [-0.2, 0) is 21.4 Å². The van der Waals surface area contributed by atoms with Gasteiger partial charge in [-0.1, -0.05) is 42.5 Å². The first-order valence-electron chi connectivity index (χ1n) is 9.65. The Balaban J connectivity index is 1.59. The molecule has 31 heavy (non-hydrogen) atoms. The molecule has 0 bridgehead atoms. The van der Waals surface area contributed by atoms with Gasteiger partial charge in [0.15, 0.2) is 0 Å². The van der Waals surface area contributed by atoms with Crippen LogP contribution in [0.4, 0.5) is 4.39 Å². The van der Waals surface area contributed by atoms with Gasteiger partial charge in [-0.25, -0.2) is 17.8 Å². The van der Waals surface area contributed by atoms with E-state index in [1.165, 1.54) is 29.5 Å². The lowest BCUT2D eigenvalue weighted by molar-refractivity contribution is -0.131. The lowest BCUT2D eigenvalue weighted by Gasteiger charge is -2.22. The summed E-state index contributed by atoms with van der Waals surface area (Å²) in [5, 5.41) is 5.62. The molecule has 2 aromatic carbocycles. The van der Waals surface area contributed by atoms with Crippen LogP contribution in [0.1, 0.15) is 17.7 Å². The van der Waals surface area contributed by atoms with Crippen LogP contribution in [0, 0.1) is 5.82 Å². The van der Waals surface area contributed by atoms with Crippen LogP contribution in [-0.4, -0.2) is 42.4 Å². The third kappa shape index (κ3) is 4.57. The predicted octanol–water partition coefficient (Wildman–Crippen LogP) is 3.25. The number of sulfonamides is 1. The molecule has 4 rings (SSSR count).